The van der Waals surface area contributed by atoms with Crippen LogP contribution in [0.2, 0.25) is 0 Å². The van der Waals surface area contributed by atoms with Gasteiger partial charge in [-0.25, -0.2) is 23.2 Å². The van der Waals surface area contributed by atoms with Gasteiger partial charge in [-0.2, -0.15) is 4.31 Å². The van der Waals surface area contributed by atoms with Gasteiger partial charge in [0.05, 0.1) is 0 Å². The molecule has 0 saturated carbocycles. The van der Waals surface area contributed by atoms with Gasteiger partial charge in [0, 0.05) is 11.9 Å². The zero-order valence-electron chi connectivity index (χ0n) is 11.4. The highest BCUT2D eigenvalue weighted by molar-refractivity contribution is 7.93. The summed E-state index contributed by atoms with van der Waals surface area (Å²) in [5, 5.41) is 2.46. The van der Waals surface area contributed by atoms with Gasteiger partial charge in [0.25, 0.3) is 10.0 Å². The average Bonchev–Trinajstić information content (AvgIpc) is 2.36. The molecule has 1 N–H and O–H groups in total. The van der Waals surface area contributed by atoms with Crippen LogP contribution in [-0.4, -0.2) is 24.4 Å². The Bertz CT molecular complexity index is 828. The number of pyridine rings is 2. The average molecular weight is 304 g/mol. The minimum atomic E-state index is -4.02. The standard InChI is InChI=1S/C13H12N4O3S/c1-8-6-9(2)15-11(7-8)17-13(18)16-12-10(21(17,19)20)4-3-5-14-12/h3-7H,1-2H3,(H,14,16,18). The summed E-state index contributed by atoms with van der Waals surface area (Å²) in [7, 11) is -4.02. The van der Waals surface area contributed by atoms with E-state index in [2.05, 4.69) is 15.3 Å². The van der Waals surface area contributed by atoms with E-state index in [0.717, 1.165) is 5.56 Å². The van der Waals surface area contributed by atoms with Crippen LogP contribution in [0.4, 0.5) is 16.4 Å². The van der Waals surface area contributed by atoms with E-state index in [4.69, 9.17) is 0 Å². The number of sulfonamides is 1. The van der Waals surface area contributed by atoms with Gasteiger partial charge in [0.1, 0.15) is 4.90 Å². The van der Waals surface area contributed by atoms with E-state index in [9.17, 15) is 13.2 Å². The molecular formula is C13H12N4O3S. The van der Waals surface area contributed by atoms with Crippen LogP contribution in [0, 0.1) is 13.8 Å². The second-order valence-corrected chi connectivity index (χ2v) is 6.45. The minimum Gasteiger partial charge on any atom is -0.290 e. The Morgan fingerprint density at radius 3 is 2.71 bits per heavy atom. The van der Waals surface area contributed by atoms with E-state index in [0.29, 0.717) is 10.00 Å². The number of nitrogens with zero attached hydrogens (tertiary/aromatic N) is 3. The van der Waals surface area contributed by atoms with E-state index in [1.165, 1.54) is 18.3 Å². The first-order valence-corrected chi connectivity index (χ1v) is 7.60. The molecule has 3 heterocycles. The molecule has 0 radical (unpaired) electrons. The number of nitrogens with one attached hydrogen (secondary N) is 1. The molecular weight excluding hydrogens is 292 g/mol. The maximum Gasteiger partial charge on any atom is 0.343 e. The molecule has 21 heavy (non-hydrogen) atoms. The van der Waals surface area contributed by atoms with Gasteiger partial charge in [-0.05, 0) is 43.7 Å². The molecule has 7 nitrogen and oxygen atoms in total. The number of anilines is 2. The lowest BCUT2D eigenvalue weighted by Gasteiger charge is -2.27. The smallest absolute Gasteiger partial charge is 0.290 e. The van der Waals surface area contributed by atoms with Crippen molar-refractivity contribution in [2.24, 2.45) is 0 Å². The molecule has 0 aliphatic carbocycles. The number of fused-ring (bicyclic) bond motifs is 1. The molecule has 1 aliphatic rings. The van der Waals surface area contributed by atoms with Crippen LogP contribution < -0.4 is 9.62 Å². The molecule has 2 aromatic heterocycles. The maximum atomic E-state index is 12.6. The Hall–Kier alpha value is -2.48. The molecule has 0 aromatic carbocycles. The SMILES string of the molecule is Cc1cc(C)nc(N2C(=O)Nc3ncccc3S2(=O)=O)c1. The predicted octanol–water partition coefficient (Wildman–Crippen LogP) is 1.83. The van der Waals surface area contributed by atoms with Gasteiger partial charge >= 0.3 is 6.03 Å². The first kappa shape index (κ1) is 13.5. The third-order valence-electron chi connectivity index (χ3n) is 2.99. The van der Waals surface area contributed by atoms with Crippen LogP contribution in [-0.2, 0) is 10.0 Å². The fraction of sp³-hybridized carbons (Fsp3) is 0.154. The number of hydrogen-bond acceptors (Lipinski definition) is 5. The number of carbonyl (C=O) groups is 1. The lowest BCUT2D eigenvalue weighted by molar-refractivity contribution is 0.259. The summed E-state index contributed by atoms with van der Waals surface area (Å²) in [6.07, 6.45) is 1.42. The van der Waals surface area contributed by atoms with E-state index in [-0.39, 0.29) is 16.5 Å². The normalized spacial score (nSPS) is 16.3. The summed E-state index contributed by atoms with van der Waals surface area (Å²) < 4.78 is 25.9. The number of rotatable bonds is 1. The highest BCUT2D eigenvalue weighted by Crippen LogP contribution is 2.31. The number of aryl methyl sites for hydroxylation is 2. The fourth-order valence-electron chi connectivity index (χ4n) is 2.20. The van der Waals surface area contributed by atoms with Crippen LogP contribution >= 0.6 is 0 Å². The van der Waals surface area contributed by atoms with Gasteiger partial charge in [-0.1, -0.05) is 0 Å². The van der Waals surface area contributed by atoms with Gasteiger partial charge in [-0.3, -0.25) is 5.32 Å². The van der Waals surface area contributed by atoms with Crippen LogP contribution in [0.3, 0.4) is 0 Å². The molecule has 3 rings (SSSR count). The summed E-state index contributed by atoms with van der Waals surface area (Å²) in [4.78, 5) is 20.1. The first-order chi connectivity index (χ1) is 9.89. The van der Waals surface area contributed by atoms with Crippen molar-refractivity contribution in [1.29, 1.82) is 0 Å². The third-order valence-corrected chi connectivity index (χ3v) is 4.71. The Labute approximate surface area is 121 Å². The number of urea groups is 1. The van der Waals surface area contributed by atoms with Crippen LogP contribution in [0.1, 0.15) is 11.3 Å². The van der Waals surface area contributed by atoms with E-state index < -0.39 is 16.1 Å². The van der Waals surface area contributed by atoms with Gasteiger partial charge in [0.15, 0.2) is 11.6 Å². The van der Waals surface area contributed by atoms with Crippen LogP contribution in [0.25, 0.3) is 0 Å². The molecule has 1 aliphatic heterocycles. The van der Waals surface area contributed by atoms with E-state index in [1.54, 1.807) is 19.1 Å². The second kappa shape index (κ2) is 4.52. The second-order valence-electron chi connectivity index (χ2n) is 4.69. The van der Waals surface area contributed by atoms with E-state index in [1.807, 2.05) is 6.92 Å². The molecule has 0 saturated heterocycles. The fourth-order valence-corrected chi connectivity index (χ4v) is 3.60. The summed E-state index contributed by atoms with van der Waals surface area (Å²) in [6.45, 7) is 3.54. The maximum absolute atomic E-state index is 12.6. The van der Waals surface area contributed by atoms with Crippen molar-refractivity contribution in [2.45, 2.75) is 18.7 Å². The van der Waals surface area contributed by atoms with Crippen molar-refractivity contribution in [1.82, 2.24) is 9.97 Å². The van der Waals surface area contributed by atoms with Crippen molar-refractivity contribution >= 4 is 27.7 Å². The van der Waals surface area contributed by atoms with Crippen molar-refractivity contribution in [3.8, 4) is 0 Å². The lowest BCUT2D eigenvalue weighted by atomic mass is 10.2. The van der Waals surface area contributed by atoms with Crippen molar-refractivity contribution in [2.75, 3.05) is 9.62 Å². The van der Waals surface area contributed by atoms with Gasteiger partial charge in [0.2, 0.25) is 0 Å². The van der Waals surface area contributed by atoms with Crippen LogP contribution in [0.5, 0.6) is 0 Å². The molecule has 2 amide bonds. The Kier molecular flexibility index (Phi) is 2.91. The largest absolute Gasteiger partial charge is 0.343 e. The highest BCUT2D eigenvalue weighted by atomic mass is 32.2. The van der Waals surface area contributed by atoms with Crippen molar-refractivity contribution < 1.29 is 13.2 Å². The number of aromatic nitrogens is 2. The quantitative estimate of drug-likeness (QED) is 0.867. The summed E-state index contributed by atoms with van der Waals surface area (Å²) >= 11 is 0. The molecule has 0 unspecified atom stereocenters. The molecule has 0 bridgehead atoms. The monoisotopic (exact) mass is 304 g/mol. The zero-order valence-corrected chi connectivity index (χ0v) is 12.2. The molecule has 0 fully saturated rings. The zero-order chi connectivity index (χ0) is 15.2. The Morgan fingerprint density at radius 2 is 2.00 bits per heavy atom. The highest BCUT2D eigenvalue weighted by Gasteiger charge is 2.39. The van der Waals surface area contributed by atoms with Gasteiger partial charge < -0.3 is 0 Å². The molecule has 2 aromatic rings. The number of hydrogen-bond donors (Lipinski definition) is 1. The predicted molar refractivity (Wildman–Crippen MR) is 76.6 cm³/mol. The molecule has 0 atom stereocenters. The minimum absolute atomic E-state index is 0.0307. The first-order valence-electron chi connectivity index (χ1n) is 6.16. The Balaban J connectivity index is 2.22. The molecule has 8 heteroatoms. The third kappa shape index (κ3) is 2.13. The summed E-state index contributed by atoms with van der Waals surface area (Å²) in [6, 6.07) is 5.45. The Morgan fingerprint density at radius 1 is 1.24 bits per heavy atom. The summed E-state index contributed by atoms with van der Waals surface area (Å²) in [5.74, 6) is 0.0997. The topological polar surface area (TPSA) is 92.3 Å². The van der Waals surface area contributed by atoms with Crippen LogP contribution in [0.15, 0.2) is 35.4 Å². The van der Waals surface area contributed by atoms with E-state index >= 15 is 0 Å². The van der Waals surface area contributed by atoms with Crippen molar-refractivity contribution in [3.63, 3.8) is 0 Å². The van der Waals surface area contributed by atoms with Crippen molar-refractivity contribution in [3.05, 3.63) is 41.7 Å². The number of carbonyl (C=O) groups excluding carboxylic acids is 1. The number of amides is 2. The molecule has 0 spiro atoms. The summed E-state index contributed by atoms with van der Waals surface area (Å²) in [5.41, 5.74) is 1.45. The lowest BCUT2D eigenvalue weighted by Crippen LogP contribution is -2.45. The van der Waals surface area contributed by atoms with Gasteiger partial charge in [-0.15, -0.1) is 0 Å². The molecule has 108 valence electrons.